The molecule has 0 fully saturated rings. The number of nitriles is 1. The normalized spacial score (nSPS) is 14.0. The second-order valence-corrected chi connectivity index (χ2v) is 7.55. The topological polar surface area (TPSA) is 71.5 Å². The van der Waals surface area contributed by atoms with E-state index in [0.29, 0.717) is 5.56 Å². The molecule has 5 heteroatoms. The molecule has 0 aliphatic rings. The van der Waals surface area contributed by atoms with Crippen molar-refractivity contribution in [2.45, 2.75) is 26.3 Å². The monoisotopic (exact) mass is 357 g/mol. The van der Waals surface area contributed by atoms with Crippen molar-refractivity contribution in [3.8, 4) is 6.07 Å². The van der Waals surface area contributed by atoms with Gasteiger partial charge in [-0.1, -0.05) is 6.07 Å². The van der Waals surface area contributed by atoms with Crippen LogP contribution in [0.15, 0.2) is 36.5 Å². The predicted molar refractivity (Wildman–Crippen MR) is 109 cm³/mol. The van der Waals surface area contributed by atoms with E-state index in [1.54, 1.807) is 6.07 Å². The molecule has 0 aliphatic heterocycles. The zero-order chi connectivity index (χ0) is 19.3. The van der Waals surface area contributed by atoms with Crippen LogP contribution in [0.5, 0.6) is 0 Å². The standard InChI is InChI=1S/C22H23N5/c1-13-10-14(2)20-16(8-9-24-20)19(13)22(3,27(4)5)21-25-17-7-6-15(12-23)11-18(17)26-21/h6-11,24H,1-5H3,(H,25,26). The Hall–Kier alpha value is -3.10. The lowest BCUT2D eigenvalue weighted by Crippen LogP contribution is -2.41. The fourth-order valence-corrected chi connectivity index (χ4v) is 4.10. The zero-order valence-electron chi connectivity index (χ0n) is 16.3. The molecule has 0 saturated heterocycles. The number of benzene rings is 2. The van der Waals surface area contributed by atoms with Gasteiger partial charge in [-0.25, -0.2) is 4.98 Å². The number of aryl methyl sites for hydroxylation is 2. The van der Waals surface area contributed by atoms with Crippen molar-refractivity contribution in [2.24, 2.45) is 0 Å². The fourth-order valence-electron chi connectivity index (χ4n) is 4.10. The summed E-state index contributed by atoms with van der Waals surface area (Å²) in [6.07, 6.45) is 1.99. The highest BCUT2D eigenvalue weighted by Gasteiger charge is 2.37. The number of hydrogen-bond donors (Lipinski definition) is 2. The fraction of sp³-hybridized carbons (Fsp3) is 0.273. The lowest BCUT2D eigenvalue weighted by molar-refractivity contribution is 0.213. The molecule has 0 spiro atoms. The van der Waals surface area contributed by atoms with E-state index in [-0.39, 0.29) is 0 Å². The van der Waals surface area contributed by atoms with E-state index in [4.69, 9.17) is 4.98 Å². The van der Waals surface area contributed by atoms with E-state index in [1.165, 1.54) is 22.1 Å². The molecule has 2 N–H and O–H groups in total. The van der Waals surface area contributed by atoms with Gasteiger partial charge in [-0.05, 0) is 75.8 Å². The quantitative estimate of drug-likeness (QED) is 0.572. The second kappa shape index (κ2) is 5.97. The first kappa shape index (κ1) is 17.3. The third kappa shape index (κ3) is 2.45. The van der Waals surface area contributed by atoms with Crippen LogP contribution < -0.4 is 0 Å². The molecule has 2 heterocycles. The number of rotatable bonds is 3. The van der Waals surface area contributed by atoms with E-state index in [9.17, 15) is 5.26 Å². The van der Waals surface area contributed by atoms with Gasteiger partial charge in [-0.2, -0.15) is 5.26 Å². The van der Waals surface area contributed by atoms with Crippen molar-refractivity contribution < 1.29 is 0 Å². The molecule has 0 amide bonds. The molecule has 136 valence electrons. The summed E-state index contributed by atoms with van der Waals surface area (Å²) in [4.78, 5) is 13.9. The molecule has 0 saturated carbocycles. The summed E-state index contributed by atoms with van der Waals surface area (Å²) in [6.45, 7) is 6.49. The van der Waals surface area contributed by atoms with Crippen LogP contribution >= 0.6 is 0 Å². The number of fused-ring (bicyclic) bond motifs is 2. The zero-order valence-corrected chi connectivity index (χ0v) is 16.3. The summed E-state index contributed by atoms with van der Waals surface area (Å²) in [7, 11) is 4.15. The molecule has 0 aliphatic carbocycles. The van der Waals surface area contributed by atoms with Crippen LogP contribution in [-0.4, -0.2) is 33.9 Å². The molecule has 1 unspecified atom stereocenters. The van der Waals surface area contributed by atoms with Gasteiger partial charge in [-0.15, -0.1) is 0 Å². The number of nitrogens with zero attached hydrogens (tertiary/aromatic N) is 3. The highest BCUT2D eigenvalue weighted by atomic mass is 15.2. The van der Waals surface area contributed by atoms with Gasteiger partial charge in [0, 0.05) is 17.1 Å². The maximum absolute atomic E-state index is 9.19. The van der Waals surface area contributed by atoms with Gasteiger partial charge in [0.15, 0.2) is 0 Å². The Bertz CT molecular complexity index is 1200. The largest absolute Gasteiger partial charge is 0.361 e. The van der Waals surface area contributed by atoms with Gasteiger partial charge in [0.1, 0.15) is 11.4 Å². The summed E-state index contributed by atoms with van der Waals surface area (Å²) in [5, 5.41) is 10.4. The van der Waals surface area contributed by atoms with E-state index in [1.807, 2.05) is 18.3 Å². The molecule has 27 heavy (non-hydrogen) atoms. The number of H-pyrrole nitrogens is 2. The first-order valence-corrected chi connectivity index (χ1v) is 9.01. The Balaban J connectivity index is 2.03. The number of imidazole rings is 1. The summed E-state index contributed by atoms with van der Waals surface area (Å²) in [5.41, 5.74) is 6.78. The molecule has 1 atom stereocenters. The minimum absolute atomic E-state index is 0.454. The minimum atomic E-state index is -0.454. The molecular weight excluding hydrogens is 334 g/mol. The van der Waals surface area contributed by atoms with Crippen LogP contribution in [0, 0.1) is 25.2 Å². The van der Waals surface area contributed by atoms with Crippen LogP contribution in [0.4, 0.5) is 0 Å². The lowest BCUT2D eigenvalue weighted by atomic mass is 9.83. The number of nitrogens with one attached hydrogen (secondary N) is 2. The van der Waals surface area contributed by atoms with Gasteiger partial charge in [0.25, 0.3) is 0 Å². The first-order chi connectivity index (χ1) is 12.9. The molecule has 4 aromatic rings. The first-order valence-electron chi connectivity index (χ1n) is 9.01. The van der Waals surface area contributed by atoms with Gasteiger partial charge in [0.2, 0.25) is 0 Å². The third-order valence-corrected chi connectivity index (χ3v) is 5.69. The smallest absolute Gasteiger partial charge is 0.132 e. The Kier molecular flexibility index (Phi) is 3.83. The maximum Gasteiger partial charge on any atom is 0.132 e. The number of aromatic nitrogens is 3. The van der Waals surface area contributed by atoms with Crippen LogP contribution in [0.1, 0.15) is 35.0 Å². The van der Waals surface area contributed by atoms with Crippen molar-refractivity contribution in [2.75, 3.05) is 14.1 Å². The summed E-state index contributed by atoms with van der Waals surface area (Å²) in [5.74, 6) is 0.868. The minimum Gasteiger partial charge on any atom is -0.361 e. The molecule has 2 aromatic heterocycles. The Labute approximate surface area is 158 Å². The van der Waals surface area contributed by atoms with Crippen molar-refractivity contribution >= 4 is 21.9 Å². The Morgan fingerprint density at radius 2 is 1.89 bits per heavy atom. The van der Waals surface area contributed by atoms with E-state index in [2.05, 4.69) is 67.9 Å². The van der Waals surface area contributed by atoms with Crippen LogP contribution in [0.2, 0.25) is 0 Å². The maximum atomic E-state index is 9.19. The third-order valence-electron chi connectivity index (χ3n) is 5.69. The number of hydrogen-bond acceptors (Lipinski definition) is 3. The van der Waals surface area contributed by atoms with E-state index >= 15 is 0 Å². The van der Waals surface area contributed by atoms with Crippen molar-refractivity contribution in [1.29, 1.82) is 5.26 Å². The van der Waals surface area contributed by atoms with Gasteiger partial charge < -0.3 is 9.97 Å². The average Bonchev–Trinajstić information content (AvgIpc) is 3.27. The van der Waals surface area contributed by atoms with Crippen LogP contribution in [-0.2, 0) is 5.54 Å². The second-order valence-electron chi connectivity index (χ2n) is 7.55. The lowest BCUT2D eigenvalue weighted by Gasteiger charge is -2.37. The van der Waals surface area contributed by atoms with E-state index in [0.717, 1.165) is 22.4 Å². The molecular formula is C22H23N5. The van der Waals surface area contributed by atoms with E-state index < -0.39 is 5.54 Å². The van der Waals surface area contributed by atoms with Crippen molar-refractivity contribution in [1.82, 2.24) is 19.9 Å². The molecule has 2 aromatic carbocycles. The van der Waals surface area contributed by atoms with Gasteiger partial charge in [-0.3, -0.25) is 4.90 Å². The van der Waals surface area contributed by atoms with Gasteiger partial charge in [0.05, 0.1) is 22.7 Å². The van der Waals surface area contributed by atoms with Crippen LogP contribution in [0.25, 0.3) is 21.9 Å². The molecule has 4 rings (SSSR count). The summed E-state index contributed by atoms with van der Waals surface area (Å²) < 4.78 is 0. The SMILES string of the molecule is Cc1cc(C)c2[nH]ccc2c1C(C)(c1nc2ccc(C#N)cc2[nH]1)N(C)C. The Morgan fingerprint density at radius 1 is 1.11 bits per heavy atom. The summed E-state index contributed by atoms with van der Waals surface area (Å²) in [6, 6.07) is 12.1. The summed E-state index contributed by atoms with van der Waals surface area (Å²) >= 11 is 0. The molecule has 0 bridgehead atoms. The predicted octanol–water partition coefficient (Wildman–Crippen LogP) is 4.36. The van der Waals surface area contributed by atoms with Crippen molar-refractivity contribution in [3.05, 3.63) is 64.6 Å². The van der Waals surface area contributed by atoms with Crippen molar-refractivity contribution in [3.63, 3.8) is 0 Å². The Morgan fingerprint density at radius 3 is 2.59 bits per heavy atom. The molecule has 5 nitrogen and oxygen atoms in total. The highest BCUT2D eigenvalue weighted by Crippen LogP contribution is 2.40. The molecule has 0 radical (unpaired) electrons. The van der Waals surface area contributed by atoms with Crippen LogP contribution in [0.3, 0.4) is 0 Å². The van der Waals surface area contributed by atoms with Gasteiger partial charge >= 0.3 is 0 Å². The highest BCUT2D eigenvalue weighted by molar-refractivity contribution is 5.88. The number of aromatic amines is 2. The average molecular weight is 357 g/mol.